The van der Waals surface area contributed by atoms with Crippen molar-refractivity contribution < 1.29 is 13.2 Å². The van der Waals surface area contributed by atoms with Crippen LogP contribution in [0.1, 0.15) is 17.0 Å². The van der Waals surface area contributed by atoms with Crippen LogP contribution in [0, 0.1) is 13.8 Å². The number of hydrogen-bond acceptors (Lipinski definition) is 3. The summed E-state index contributed by atoms with van der Waals surface area (Å²) in [6, 6.07) is 2.22. The molecule has 0 aliphatic carbocycles. The Bertz CT molecular complexity index is 860. The Morgan fingerprint density at radius 2 is 2.00 bits per heavy atom. The van der Waals surface area contributed by atoms with Gasteiger partial charge in [0, 0.05) is 23.2 Å². The molecule has 0 aliphatic rings. The topological polar surface area (TPSA) is 72.5 Å². The molecular weight excluding hydrogens is 307 g/mol. The van der Waals surface area contributed by atoms with Crippen LogP contribution in [0.5, 0.6) is 0 Å². The van der Waals surface area contributed by atoms with Crippen molar-refractivity contribution in [3.05, 3.63) is 35.3 Å². The second kappa shape index (κ2) is 5.38. The van der Waals surface area contributed by atoms with E-state index < -0.39 is 11.7 Å². The van der Waals surface area contributed by atoms with Crippen molar-refractivity contribution in [2.24, 2.45) is 5.73 Å². The van der Waals surface area contributed by atoms with Gasteiger partial charge < -0.3 is 5.73 Å². The lowest BCUT2D eigenvalue weighted by Crippen LogP contribution is -2.12. The van der Waals surface area contributed by atoms with Crippen LogP contribution in [0.3, 0.4) is 0 Å². The van der Waals surface area contributed by atoms with Crippen molar-refractivity contribution >= 4 is 10.9 Å². The monoisotopic (exact) mass is 323 g/mol. The van der Waals surface area contributed by atoms with Crippen LogP contribution in [0.4, 0.5) is 13.2 Å². The van der Waals surface area contributed by atoms with Crippen LogP contribution in [-0.4, -0.2) is 26.5 Å². The summed E-state index contributed by atoms with van der Waals surface area (Å²) in [4.78, 5) is 0. The van der Waals surface area contributed by atoms with Crippen molar-refractivity contribution in [3.63, 3.8) is 0 Å². The highest BCUT2D eigenvalue weighted by Crippen LogP contribution is 2.38. The zero-order chi connectivity index (χ0) is 16.8. The number of nitrogens with zero attached hydrogens (tertiary/aromatic N) is 3. The lowest BCUT2D eigenvalue weighted by atomic mass is 9.97. The summed E-state index contributed by atoms with van der Waals surface area (Å²) < 4.78 is 41.2. The van der Waals surface area contributed by atoms with E-state index in [-0.39, 0.29) is 0 Å². The van der Waals surface area contributed by atoms with Gasteiger partial charge in [0.2, 0.25) is 0 Å². The van der Waals surface area contributed by atoms with E-state index in [1.165, 1.54) is 6.20 Å². The Hall–Kier alpha value is -2.35. The maximum atomic E-state index is 13.2. The maximum Gasteiger partial charge on any atom is 0.416 e. The van der Waals surface area contributed by atoms with Gasteiger partial charge in [-0.05, 0) is 31.5 Å². The zero-order valence-corrected chi connectivity index (χ0v) is 12.7. The molecule has 122 valence electrons. The number of aryl methyl sites for hydroxylation is 1. The van der Waals surface area contributed by atoms with E-state index in [0.29, 0.717) is 40.8 Å². The van der Waals surface area contributed by atoms with E-state index in [9.17, 15) is 13.2 Å². The van der Waals surface area contributed by atoms with Gasteiger partial charge in [-0.3, -0.25) is 9.78 Å². The average molecular weight is 323 g/mol. The van der Waals surface area contributed by atoms with Crippen LogP contribution in [-0.2, 0) is 12.7 Å². The second-order valence-corrected chi connectivity index (χ2v) is 5.41. The molecule has 0 fully saturated rings. The maximum absolute atomic E-state index is 13.2. The van der Waals surface area contributed by atoms with Crippen molar-refractivity contribution in [1.29, 1.82) is 0 Å². The van der Waals surface area contributed by atoms with Crippen LogP contribution in [0.15, 0.2) is 18.3 Å². The minimum atomic E-state index is -4.43. The van der Waals surface area contributed by atoms with Gasteiger partial charge >= 0.3 is 6.18 Å². The molecule has 0 saturated heterocycles. The number of nitrogens with two attached hydrogens (primary N) is 1. The fourth-order valence-corrected chi connectivity index (χ4v) is 2.85. The number of rotatable bonds is 3. The van der Waals surface area contributed by atoms with E-state index in [4.69, 9.17) is 5.73 Å². The predicted molar refractivity (Wildman–Crippen MR) is 80.8 cm³/mol. The van der Waals surface area contributed by atoms with Gasteiger partial charge in [0.15, 0.2) is 0 Å². The Morgan fingerprint density at radius 1 is 1.26 bits per heavy atom. The van der Waals surface area contributed by atoms with Gasteiger partial charge in [-0.1, -0.05) is 0 Å². The predicted octanol–water partition coefficient (Wildman–Crippen LogP) is 3.02. The molecule has 3 rings (SSSR count). The van der Waals surface area contributed by atoms with Crippen molar-refractivity contribution in [3.8, 4) is 11.1 Å². The highest BCUT2D eigenvalue weighted by Gasteiger charge is 2.32. The molecule has 2 aromatic heterocycles. The summed E-state index contributed by atoms with van der Waals surface area (Å²) in [5.74, 6) is 0. The highest BCUT2D eigenvalue weighted by atomic mass is 19.4. The number of hydrogen-bond donors (Lipinski definition) is 2. The Labute approximate surface area is 130 Å². The number of fused-ring (bicyclic) bond motifs is 1. The van der Waals surface area contributed by atoms with E-state index in [1.54, 1.807) is 11.6 Å². The largest absolute Gasteiger partial charge is 0.416 e. The van der Waals surface area contributed by atoms with Crippen LogP contribution in [0.25, 0.3) is 22.0 Å². The highest BCUT2D eigenvalue weighted by molar-refractivity contribution is 5.96. The fourth-order valence-electron chi connectivity index (χ4n) is 2.85. The molecule has 1 aromatic carbocycles. The standard InChI is InChI=1S/C15H16F3N5/c1-8-14(9(2)23(22-8)4-3-19)11-5-10(15(16,17)18)6-13-12(11)7-20-21-13/h5-7H,3-4,19H2,1-2H3,(H,20,21). The third-order valence-electron chi connectivity index (χ3n) is 3.88. The zero-order valence-electron chi connectivity index (χ0n) is 12.7. The number of nitrogens with one attached hydrogen (secondary N) is 1. The number of halogens is 3. The molecule has 5 nitrogen and oxygen atoms in total. The first kappa shape index (κ1) is 15.5. The fraction of sp³-hybridized carbons (Fsp3) is 0.333. The van der Waals surface area contributed by atoms with E-state index in [2.05, 4.69) is 15.3 Å². The number of aromatic nitrogens is 4. The summed E-state index contributed by atoms with van der Waals surface area (Å²) in [5, 5.41) is 11.5. The third-order valence-corrected chi connectivity index (χ3v) is 3.88. The van der Waals surface area contributed by atoms with Gasteiger partial charge in [-0.2, -0.15) is 23.4 Å². The van der Waals surface area contributed by atoms with Crippen molar-refractivity contribution in [2.45, 2.75) is 26.6 Å². The second-order valence-electron chi connectivity index (χ2n) is 5.41. The Morgan fingerprint density at radius 3 is 2.65 bits per heavy atom. The summed E-state index contributed by atoms with van der Waals surface area (Å²) in [5.41, 5.74) is 7.81. The third kappa shape index (κ3) is 2.59. The van der Waals surface area contributed by atoms with E-state index >= 15 is 0 Å². The van der Waals surface area contributed by atoms with Crippen LogP contribution in [0.2, 0.25) is 0 Å². The first-order valence-corrected chi connectivity index (χ1v) is 7.11. The van der Waals surface area contributed by atoms with E-state index in [1.807, 2.05) is 6.92 Å². The molecule has 3 aromatic rings. The van der Waals surface area contributed by atoms with Gasteiger partial charge in [0.1, 0.15) is 0 Å². The van der Waals surface area contributed by atoms with Crippen LogP contribution < -0.4 is 5.73 Å². The molecule has 8 heteroatoms. The summed E-state index contributed by atoms with van der Waals surface area (Å²) >= 11 is 0. The lowest BCUT2D eigenvalue weighted by molar-refractivity contribution is -0.137. The SMILES string of the molecule is Cc1nn(CCN)c(C)c1-c1cc(C(F)(F)F)cc2[nH]ncc12. The minimum absolute atomic E-state index is 0.347. The molecule has 0 bridgehead atoms. The van der Waals surface area contributed by atoms with Crippen molar-refractivity contribution in [2.75, 3.05) is 6.54 Å². The Kier molecular flexibility index (Phi) is 3.63. The first-order chi connectivity index (χ1) is 10.8. The molecule has 23 heavy (non-hydrogen) atoms. The molecule has 0 aliphatic heterocycles. The number of alkyl halides is 3. The molecule has 0 spiro atoms. The summed E-state index contributed by atoms with van der Waals surface area (Å²) in [7, 11) is 0. The summed E-state index contributed by atoms with van der Waals surface area (Å²) in [6.45, 7) is 4.53. The minimum Gasteiger partial charge on any atom is -0.329 e. The van der Waals surface area contributed by atoms with Gasteiger partial charge in [-0.15, -0.1) is 0 Å². The molecule has 0 radical (unpaired) electrons. The molecular formula is C15H16F3N5. The van der Waals surface area contributed by atoms with Gasteiger partial charge in [-0.25, -0.2) is 0 Å². The molecule has 0 atom stereocenters. The average Bonchev–Trinajstić information content (AvgIpc) is 3.03. The molecule has 3 N–H and O–H groups in total. The number of H-pyrrole nitrogens is 1. The number of aromatic amines is 1. The number of benzene rings is 1. The molecule has 0 saturated carbocycles. The van der Waals surface area contributed by atoms with Gasteiger partial charge in [0.25, 0.3) is 0 Å². The quantitative estimate of drug-likeness (QED) is 0.778. The molecule has 0 unspecified atom stereocenters. The normalized spacial score (nSPS) is 12.3. The molecule has 2 heterocycles. The first-order valence-electron chi connectivity index (χ1n) is 7.11. The van der Waals surface area contributed by atoms with Crippen LogP contribution >= 0.6 is 0 Å². The smallest absolute Gasteiger partial charge is 0.329 e. The van der Waals surface area contributed by atoms with Gasteiger partial charge in [0.05, 0.1) is 29.5 Å². The lowest BCUT2D eigenvalue weighted by Gasteiger charge is -2.11. The van der Waals surface area contributed by atoms with Crippen molar-refractivity contribution in [1.82, 2.24) is 20.0 Å². The Balaban J connectivity index is 2.29. The summed E-state index contributed by atoms with van der Waals surface area (Å²) in [6.07, 6.45) is -2.90. The van der Waals surface area contributed by atoms with E-state index in [0.717, 1.165) is 17.8 Å². The molecule has 0 amide bonds.